The van der Waals surface area contributed by atoms with Crippen LogP contribution in [0, 0.1) is 40.7 Å². The number of aliphatic hydroxyl groups excluding tert-OH is 2. The van der Waals surface area contributed by atoms with E-state index in [1.165, 1.54) is 71.2 Å². The zero-order valence-corrected chi connectivity index (χ0v) is 38.9. The van der Waals surface area contributed by atoms with Gasteiger partial charge in [0.05, 0.1) is 56.9 Å². The van der Waals surface area contributed by atoms with Crippen LogP contribution in [0.1, 0.15) is 85.1 Å². The number of allylic oxidation sites excluding steroid dienone is 4. The lowest BCUT2D eigenvalue weighted by Gasteiger charge is -2.40. The normalized spacial score (nSPS) is 28.8. The van der Waals surface area contributed by atoms with E-state index in [0.29, 0.717) is 5.69 Å². The molecule has 4 N–H and O–H groups in total. The Morgan fingerprint density at radius 3 is 2.20 bits per heavy atom. The van der Waals surface area contributed by atoms with E-state index in [2.05, 4.69) is 5.32 Å². The Labute approximate surface area is 386 Å². The molecule has 0 saturated carbocycles. The van der Waals surface area contributed by atoms with Gasteiger partial charge in [-0.2, -0.15) is 0 Å². The summed E-state index contributed by atoms with van der Waals surface area (Å²) in [4.78, 5) is 85.0. The maximum atomic E-state index is 15.1. The first kappa shape index (κ1) is 49.4. The van der Waals surface area contributed by atoms with Crippen LogP contribution in [0.15, 0.2) is 65.7 Å². The number of Topliss-reactive ketones (excluding diaryl/α,β-unsaturated/α-hetero) is 3. The highest BCUT2D eigenvalue weighted by molar-refractivity contribution is 6.34. The number of hydrogen-bond acceptors (Lipinski definition) is 16. The number of ether oxygens (including phenoxy) is 4. The smallest absolute Gasteiger partial charge is 0.312 e. The summed E-state index contributed by atoms with van der Waals surface area (Å²) in [6.45, 7) is 12.8. The maximum Gasteiger partial charge on any atom is 0.312 e. The highest BCUT2D eigenvalue weighted by Gasteiger charge is 2.53. The molecule has 0 spiro atoms. The highest BCUT2D eigenvalue weighted by Crippen LogP contribution is 2.49. The first-order valence-electron chi connectivity index (χ1n) is 21.5. The van der Waals surface area contributed by atoms with Crippen molar-refractivity contribution in [2.75, 3.05) is 38.2 Å². The number of carbonyl (C=O) groups is 5. The zero-order valence-electron chi connectivity index (χ0n) is 38.1. The number of phenolic OH excluding ortho intramolecular Hbond substituents is 1. The average Bonchev–Trinajstić information content (AvgIpc) is 3.54. The minimum absolute atomic E-state index is 0.0466. The molecule has 1 amide bonds. The third kappa shape index (κ3) is 9.19. The number of hydrogen-bond donors (Lipinski definition) is 4. The monoisotopic (exact) mass is 934 g/mol. The fourth-order valence-corrected chi connectivity index (χ4v) is 9.31. The van der Waals surface area contributed by atoms with Crippen LogP contribution in [0.2, 0.25) is 5.02 Å². The Morgan fingerprint density at radius 2 is 1.59 bits per heavy atom. The SMILES string of the molecule is CO[C@H]1C=CO[C@@]2(C)Oc3c(C)c(O)c4c(c3C2=O)C(=O)C(N2CCN(c3ccc([N+](=O)[O-])cc3Cl)CC2)=C(NC(=O)C(C)=CC=C[C@H](C)[C@H](O)[C@@H](C)[C@H](O)[C@H](C)[C@H](OC(C)=O)[C@@H]1C)C4=O. The van der Waals surface area contributed by atoms with E-state index in [9.17, 15) is 44.6 Å². The van der Waals surface area contributed by atoms with E-state index in [1.54, 1.807) is 38.7 Å². The summed E-state index contributed by atoms with van der Waals surface area (Å²) in [7, 11) is 1.41. The predicted octanol–water partition coefficient (Wildman–Crippen LogP) is 5.34. The molecule has 4 aliphatic heterocycles. The number of nitro benzene ring substituents is 1. The Bertz CT molecular complexity index is 2470. The van der Waals surface area contributed by atoms with Crippen LogP contribution in [-0.4, -0.2) is 118 Å². The van der Waals surface area contributed by atoms with Crippen molar-refractivity contribution in [2.45, 2.75) is 85.6 Å². The topological polar surface area (TPSA) is 245 Å². The van der Waals surface area contributed by atoms with Gasteiger partial charge in [0, 0.05) is 94.1 Å². The summed E-state index contributed by atoms with van der Waals surface area (Å²) in [6, 6.07) is 4.07. The van der Waals surface area contributed by atoms with Crippen LogP contribution in [0.3, 0.4) is 0 Å². The molecule has 0 unspecified atom stereocenters. The minimum Gasteiger partial charge on any atom is -0.507 e. The number of non-ortho nitro benzene ring substituents is 1. The molecule has 19 heteroatoms. The number of benzene rings is 2. The fraction of sp³-hybridized carbons (Fsp3) is 0.468. The largest absolute Gasteiger partial charge is 0.507 e. The second-order valence-corrected chi connectivity index (χ2v) is 17.8. The number of nitrogens with one attached hydrogen (secondary N) is 1. The molecule has 1 aliphatic carbocycles. The molecule has 5 aliphatic rings. The average molecular weight is 935 g/mol. The molecule has 2 aromatic carbocycles. The number of nitrogens with zero attached hydrogens (tertiary/aromatic N) is 3. The molecule has 18 nitrogen and oxygen atoms in total. The maximum absolute atomic E-state index is 15.1. The molecule has 9 atom stereocenters. The van der Waals surface area contributed by atoms with Crippen LogP contribution < -0.4 is 15.0 Å². The number of phenols is 1. The number of amides is 1. The molecule has 5 bridgehead atoms. The van der Waals surface area contributed by atoms with Gasteiger partial charge in [-0.05, 0) is 26.0 Å². The number of ketones is 3. The van der Waals surface area contributed by atoms with Crippen molar-refractivity contribution in [3.05, 3.63) is 103 Å². The first-order chi connectivity index (χ1) is 31.0. The Kier molecular flexibility index (Phi) is 14.5. The Balaban J connectivity index is 1.46. The van der Waals surface area contributed by atoms with E-state index in [4.69, 9.17) is 30.5 Å². The van der Waals surface area contributed by atoms with Crippen molar-refractivity contribution in [3.8, 4) is 11.5 Å². The number of aliphatic hydroxyl groups is 2. The molecule has 354 valence electrons. The number of esters is 1. The number of methoxy groups -OCH3 is 1. The number of anilines is 1. The summed E-state index contributed by atoms with van der Waals surface area (Å²) < 4.78 is 23.6. The minimum atomic E-state index is -2.14. The molecule has 2 aromatic rings. The second kappa shape index (κ2) is 19.4. The first-order valence-corrected chi connectivity index (χ1v) is 21.9. The predicted molar refractivity (Wildman–Crippen MR) is 240 cm³/mol. The van der Waals surface area contributed by atoms with Crippen molar-refractivity contribution < 1.29 is 63.2 Å². The van der Waals surface area contributed by atoms with Gasteiger partial charge in [-0.15, -0.1) is 0 Å². The van der Waals surface area contributed by atoms with E-state index >= 15 is 4.79 Å². The lowest BCUT2D eigenvalue weighted by atomic mass is 9.78. The van der Waals surface area contributed by atoms with Crippen LogP contribution in [0.4, 0.5) is 11.4 Å². The molecule has 4 heterocycles. The number of piperazine rings is 1. The van der Waals surface area contributed by atoms with Gasteiger partial charge in [-0.25, -0.2) is 0 Å². The van der Waals surface area contributed by atoms with Gasteiger partial charge in [0.15, 0.2) is 0 Å². The van der Waals surface area contributed by atoms with Crippen molar-refractivity contribution >= 4 is 52.2 Å². The lowest BCUT2D eigenvalue weighted by Crippen LogP contribution is -2.50. The number of nitro groups is 1. The van der Waals surface area contributed by atoms with E-state index < -0.39 is 111 Å². The molecular weight excluding hydrogens is 880 g/mol. The molecule has 0 radical (unpaired) electrons. The van der Waals surface area contributed by atoms with Crippen molar-refractivity contribution in [1.82, 2.24) is 10.2 Å². The Morgan fingerprint density at radius 1 is 0.939 bits per heavy atom. The number of aromatic hydroxyl groups is 1. The van der Waals surface area contributed by atoms with Crippen molar-refractivity contribution in [1.29, 1.82) is 0 Å². The van der Waals surface area contributed by atoms with E-state index in [-0.39, 0.29) is 65.0 Å². The van der Waals surface area contributed by atoms with Crippen LogP contribution in [0.5, 0.6) is 11.5 Å². The van der Waals surface area contributed by atoms with Crippen LogP contribution >= 0.6 is 11.6 Å². The van der Waals surface area contributed by atoms with Gasteiger partial charge in [0.2, 0.25) is 11.6 Å². The van der Waals surface area contributed by atoms with Crippen LogP contribution in [0.25, 0.3) is 0 Å². The number of halogens is 1. The van der Waals surface area contributed by atoms with Gasteiger partial charge in [0.1, 0.15) is 29.0 Å². The summed E-state index contributed by atoms with van der Waals surface area (Å²) in [5, 5.41) is 48.7. The number of rotatable bonds is 5. The van der Waals surface area contributed by atoms with E-state index in [1.807, 2.05) is 4.90 Å². The third-order valence-corrected chi connectivity index (χ3v) is 13.3. The summed E-state index contributed by atoms with van der Waals surface area (Å²) in [6.07, 6.45) is 3.15. The second-order valence-electron chi connectivity index (χ2n) is 17.4. The van der Waals surface area contributed by atoms with E-state index in [0.717, 1.165) is 6.26 Å². The number of fused-ring (bicyclic) bond motifs is 14. The van der Waals surface area contributed by atoms with Gasteiger partial charge >= 0.3 is 11.8 Å². The molecule has 0 aromatic heterocycles. The van der Waals surface area contributed by atoms with Gasteiger partial charge in [-0.1, -0.05) is 57.5 Å². The van der Waals surface area contributed by atoms with Crippen LogP contribution in [-0.2, 0) is 23.8 Å². The molecular formula is C47H55ClN4O14. The molecule has 7 rings (SSSR count). The molecule has 1 fully saturated rings. The lowest BCUT2D eigenvalue weighted by molar-refractivity contribution is -0.384. The molecule has 1 saturated heterocycles. The molecule has 66 heavy (non-hydrogen) atoms. The van der Waals surface area contributed by atoms with Gasteiger partial charge in [-0.3, -0.25) is 34.1 Å². The summed E-state index contributed by atoms with van der Waals surface area (Å²) in [5.41, 5.74) is -1.63. The third-order valence-electron chi connectivity index (χ3n) is 13.0. The van der Waals surface area contributed by atoms with Gasteiger partial charge < -0.3 is 49.4 Å². The zero-order chi connectivity index (χ0) is 48.7. The van der Waals surface area contributed by atoms with Gasteiger partial charge in [0.25, 0.3) is 17.4 Å². The highest BCUT2D eigenvalue weighted by atomic mass is 35.5. The fourth-order valence-electron chi connectivity index (χ4n) is 9.01. The van der Waals surface area contributed by atoms with Crippen molar-refractivity contribution in [2.24, 2.45) is 23.7 Å². The Hall–Kier alpha value is -6.08. The quantitative estimate of drug-likeness (QED) is 0.168. The summed E-state index contributed by atoms with van der Waals surface area (Å²) in [5.74, 6) is -9.72. The standard InChI is InChI=1S/C47H55ClN4O14/c1-22-11-10-12-23(2)46(60)49-36-37(51-18-16-50(17-19-51)31-14-13-29(52(61)62)21-30(31)48)42(58)33-34(41(36)57)40(56)27(6)44-35(33)45(59)47(8,66-44)64-20-15-32(63-9)24(3)43(65-28(7)53)26(5)39(55)25(4)38(22)54/h10-15,20-22,24-26,32,38-39,43,54-56H,16-19H2,1-9H3,(H,49,60)/t22-,24+,25+,26-,32-,38-,39-,43+,47-/m0/s1. The summed E-state index contributed by atoms with van der Waals surface area (Å²) >= 11 is 6.46. The van der Waals surface area contributed by atoms with Crippen molar-refractivity contribution in [3.63, 3.8) is 0 Å². The number of carbonyl (C=O) groups excluding carboxylic acids is 5.